The fourth-order valence-corrected chi connectivity index (χ4v) is 3.15. The first-order valence-electron chi connectivity index (χ1n) is 5.88. The Morgan fingerprint density at radius 1 is 1.00 bits per heavy atom. The monoisotopic (exact) mass is 282 g/mol. The van der Waals surface area contributed by atoms with E-state index in [1.54, 1.807) is 13.8 Å². The topological polar surface area (TPSA) is 34.1 Å². The Kier molecular flexibility index (Phi) is 7.13. The fourth-order valence-electron chi connectivity index (χ4n) is 1.58. The van der Waals surface area contributed by atoms with Crippen LogP contribution in [-0.4, -0.2) is 21.7 Å². The Bertz CT molecular complexity index is 372. The highest BCUT2D eigenvalue weighted by Crippen LogP contribution is 2.20. The van der Waals surface area contributed by atoms with E-state index in [9.17, 15) is 9.59 Å². The molecular weight excluding hydrogens is 264 g/mol. The van der Waals surface area contributed by atoms with Crippen LogP contribution >= 0.6 is 23.5 Å². The second kappa shape index (κ2) is 8.38. The van der Waals surface area contributed by atoms with E-state index in [0.29, 0.717) is 5.92 Å². The Labute approximate surface area is 117 Å². The van der Waals surface area contributed by atoms with Crippen molar-refractivity contribution in [1.82, 2.24) is 0 Å². The van der Waals surface area contributed by atoms with Gasteiger partial charge in [0.15, 0.2) is 10.2 Å². The molecule has 1 aromatic rings. The molecule has 0 aliphatic carbocycles. The third-order valence-electron chi connectivity index (χ3n) is 2.41. The molecular formula is C14H18O2S2. The number of benzene rings is 1. The Morgan fingerprint density at radius 3 is 1.94 bits per heavy atom. The minimum absolute atomic E-state index is 0.140. The van der Waals surface area contributed by atoms with Gasteiger partial charge in [0.05, 0.1) is 0 Å². The lowest BCUT2D eigenvalue weighted by molar-refractivity contribution is -0.109. The standard InChI is InChI=1S/C14H18O2S2/c1-11(15)17-9-14(10-18-12(2)16)8-13-6-4-3-5-7-13/h3-7,14H,8-10H2,1-2H3. The number of carbonyl (C=O) groups is 2. The second-order valence-electron chi connectivity index (χ2n) is 4.16. The van der Waals surface area contributed by atoms with Crippen molar-refractivity contribution >= 4 is 33.8 Å². The molecule has 0 saturated carbocycles. The molecule has 0 saturated heterocycles. The molecule has 0 aliphatic heterocycles. The van der Waals surface area contributed by atoms with Crippen LogP contribution in [0.5, 0.6) is 0 Å². The van der Waals surface area contributed by atoms with Crippen LogP contribution in [0.2, 0.25) is 0 Å². The molecule has 0 radical (unpaired) electrons. The van der Waals surface area contributed by atoms with E-state index >= 15 is 0 Å². The molecule has 0 atom stereocenters. The summed E-state index contributed by atoms with van der Waals surface area (Å²) in [5.41, 5.74) is 1.26. The van der Waals surface area contributed by atoms with Crippen LogP contribution in [0, 0.1) is 5.92 Å². The summed E-state index contributed by atoms with van der Waals surface area (Å²) in [6.07, 6.45) is 0.918. The Hall–Kier alpha value is -0.740. The molecule has 0 spiro atoms. The van der Waals surface area contributed by atoms with Crippen molar-refractivity contribution in [3.63, 3.8) is 0 Å². The first-order valence-corrected chi connectivity index (χ1v) is 7.85. The van der Waals surface area contributed by atoms with Gasteiger partial charge in [-0.3, -0.25) is 9.59 Å². The minimum Gasteiger partial charge on any atom is -0.288 e. The van der Waals surface area contributed by atoms with Crippen LogP contribution in [0.4, 0.5) is 0 Å². The zero-order valence-electron chi connectivity index (χ0n) is 10.7. The van der Waals surface area contributed by atoms with E-state index < -0.39 is 0 Å². The normalized spacial score (nSPS) is 10.6. The van der Waals surface area contributed by atoms with Gasteiger partial charge in [-0.05, 0) is 17.9 Å². The van der Waals surface area contributed by atoms with Crippen molar-refractivity contribution < 1.29 is 9.59 Å². The third-order valence-corrected chi connectivity index (χ3v) is 4.50. The lowest BCUT2D eigenvalue weighted by atomic mass is 10.0. The number of hydrogen-bond donors (Lipinski definition) is 0. The molecule has 0 unspecified atom stereocenters. The molecule has 18 heavy (non-hydrogen) atoms. The largest absolute Gasteiger partial charge is 0.288 e. The van der Waals surface area contributed by atoms with Crippen molar-refractivity contribution in [3.8, 4) is 0 Å². The van der Waals surface area contributed by atoms with E-state index in [1.165, 1.54) is 29.1 Å². The highest BCUT2D eigenvalue weighted by atomic mass is 32.2. The van der Waals surface area contributed by atoms with Crippen LogP contribution in [-0.2, 0) is 16.0 Å². The van der Waals surface area contributed by atoms with Gasteiger partial charge >= 0.3 is 0 Å². The molecule has 98 valence electrons. The third kappa shape index (κ3) is 6.87. The summed E-state index contributed by atoms with van der Waals surface area (Å²) in [5, 5.41) is 0.279. The van der Waals surface area contributed by atoms with Gasteiger partial charge in [-0.1, -0.05) is 53.9 Å². The molecule has 1 rings (SSSR count). The Morgan fingerprint density at radius 2 is 1.50 bits per heavy atom. The molecule has 1 aromatic carbocycles. The van der Waals surface area contributed by atoms with Gasteiger partial charge in [0, 0.05) is 25.4 Å². The number of rotatable bonds is 6. The van der Waals surface area contributed by atoms with Crippen molar-refractivity contribution in [2.45, 2.75) is 20.3 Å². The number of thioether (sulfide) groups is 2. The lowest BCUT2D eigenvalue weighted by Crippen LogP contribution is -2.13. The summed E-state index contributed by atoms with van der Waals surface area (Å²) in [6.45, 7) is 3.17. The Balaban J connectivity index is 2.53. The lowest BCUT2D eigenvalue weighted by Gasteiger charge is -2.14. The summed E-state index contributed by atoms with van der Waals surface area (Å²) >= 11 is 2.69. The van der Waals surface area contributed by atoms with Crippen LogP contribution in [0.15, 0.2) is 30.3 Å². The predicted molar refractivity (Wildman–Crippen MR) is 79.9 cm³/mol. The van der Waals surface area contributed by atoms with Gasteiger partial charge < -0.3 is 0 Å². The van der Waals surface area contributed by atoms with Crippen molar-refractivity contribution in [1.29, 1.82) is 0 Å². The summed E-state index contributed by atoms with van der Waals surface area (Å²) < 4.78 is 0. The number of hydrogen-bond acceptors (Lipinski definition) is 4. The van der Waals surface area contributed by atoms with E-state index in [4.69, 9.17) is 0 Å². The molecule has 0 amide bonds. The van der Waals surface area contributed by atoms with E-state index in [0.717, 1.165) is 17.9 Å². The van der Waals surface area contributed by atoms with Crippen molar-refractivity contribution in [2.75, 3.05) is 11.5 Å². The quantitative estimate of drug-likeness (QED) is 0.801. The molecule has 0 aromatic heterocycles. The molecule has 2 nitrogen and oxygen atoms in total. The van der Waals surface area contributed by atoms with Crippen molar-refractivity contribution in [2.24, 2.45) is 5.92 Å². The van der Waals surface area contributed by atoms with E-state index in [2.05, 4.69) is 12.1 Å². The highest BCUT2D eigenvalue weighted by Gasteiger charge is 2.12. The molecule has 0 bridgehead atoms. The fraction of sp³-hybridized carbons (Fsp3) is 0.429. The first-order chi connectivity index (χ1) is 8.58. The zero-order chi connectivity index (χ0) is 13.4. The van der Waals surface area contributed by atoms with Crippen molar-refractivity contribution in [3.05, 3.63) is 35.9 Å². The van der Waals surface area contributed by atoms with Crippen LogP contribution in [0.1, 0.15) is 19.4 Å². The van der Waals surface area contributed by atoms with Crippen LogP contribution in [0.25, 0.3) is 0 Å². The molecule has 0 fully saturated rings. The average molecular weight is 282 g/mol. The van der Waals surface area contributed by atoms with Gasteiger partial charge in [-0.2, -0.15) is 0 Å². The molecule has 0 heterocycles. The molecule has 4 heteroatoms. The summed E-state index contributed by atoms with van der Waals surface area (Å²) in [7, 11) is 0. The number of carbonyl (C=O) groups excluding carboxylic acids is 2. The maximum Gasteiger partial charge on any atom is 0.185 e. The maximum atomic E-state index is 11.0. The SMILES string of the molecule is CC(=O)SCC(CSC(C)=O)Cc1ccccc1. The molecule has 0 N–H and O–H groups in total. The van der Waals surface area contributed by atoms with Gasteiger partial charge in [0.2, 0.25) is 0 Å². The van der Waals surface area contributed by atoms with Crippen LogP contribution < -0.4 is 0 Å². The zero-order valence-corrected chi connectivity index (χ0v) is 12.4. The van der Waals surface area contributed by atoms with Gasteiger partial charge in [-0.15, -0.1) is 0 Å². The van der Waals surface area contributed by atoms with Gasteiger partial charge in [-0.25, -0.2) is 0 Å². The van der Waals surface area contributed by atoms with E-state index in [1.807, 2.05) is 18.2 Å². The van der Waals surface area contributed by atoms with Gasteiger partial charge in [0.25, 0.3) is 0 Å². The van der Waals surface area contributed by atoms with Gasteiger partial charge in [0.1, 0.15) is 0 Å². The first kappa shape index (κ1) is 15.3. The predicted octanol–water partition coefficient (Wildman–Crippen LogP) is 3.40. The second-order valence-corrected chi connectivity index (χ2v) is 6.55. The highest BCUT2D eigenvalue weighted by molar-refractivity contribution is 8.14. The summed E-state index contributed by atoms with van der Waals surface area (Å²) in [5.74, 6) is 1.92. The van der Waals surface area contributed by atoms with E-state index in [-0.39, 0.29) is 10.2 Å². The van der Waals surface area contributed by atoms with Crippen LogP contribution in [0.3, 0.4) is 0 Å². The minimum atomic E-state index is 0.140. The summed E-state index contributed by atoms with van der Waals surface area (Å²) in [6, 6.07) is 10.2. The average Bonchev–Trinajstić information content (AvgIpc) is 2.33. The summed E-state index contributed by atoms with van der Waals surface area (Å²) in [4.78, 5) is 22.1. The smallest absolute Gasteiger partial charge is 0.185 e. The molecule has 0 aliphatic rings. The maximum absolute atomic E-state index is 11.0.